The van der Waals surface area contributed by atoms with Crippen molar-refractivity contribution < 1.29 is 19.1 Å². The van der Waals surface area contributed by atoms with Crippen molar-refractivity contribution in [3.05, 3.63) is 29.8 Å². The van der Waals surface area contributed by atoms with Crippen LogP contribution in [0.15, 0.2) is 24.3 Å². The van der Waals surface area contributed by atoms with Gasteiger partial charge in [0.2, 0.25) is 5.91 Å². The van der Waals surface area contributed by atoms with Crippen LogP contribution in [-0.4, -0.2) is 30.9 Å². The summed E-state index contributed by atoms with van der Waals surface area (Å²) in [4.78, 5) is 35.0. The second-order valence-electron chi connectivity index (χ2n) is 4.86. The zero-order valence-corrected chi connectivity index (χ0v) is 13.1. The number of rotatable bonds is 7. The molecule has 0 aliphatic rings. The molecule has 0 aliphatic heterocycles. The molecule has 0 aliphatic carbocycles. The van der Waals surface area contributed by atoms with Gasteiger partial charge in [-0.2, -0.15) is 5.26 Å². The van der Waals surface area contributed by atoms with Gasteiger partial charge in [-0.3, -0.25) is 9.59 Å². The van der Waals surface area contributed by atoms with Crippen molar-refractivity contribution in [2.45, 2.75) is 32.2 Å². The Kier molecular flexibility index (Phi) is 7.27. The predicted molar refractivity (Wildman–Crippen MR) is 83.5 cm³/mol. The fourth-order valence-electron chi connectivity index (χ4n) is 1.96. The molecule has 2 amide bonds. The summed E-state index contributed by atoms with van der Waals surface area (Å²) in [6.07, 6.45) is 1.08. The van der Waals surface area contributed by atoms with E-state index in [1.807, 2.05) is 6.07 Å². The Morgan fingerprint density at radius 2 is 2.09 bits per heavy atom. The van der Waals surface area contributed by atoms with Crippen LogP contribution in [0, 0.1) is 11.3 Å². The molecule has 0 saturated carbocycles. The standard InChI is InChI=1S/C16H19N3O4/c1-11(20)18-13-7-5-6-12(10-13)15(21)19-14(16(22)23-2)8-3-4-9-17/h5-7,10,14H,3-4,8H2,1-2H3,(H,18,20)(H,19,21)/t14-/m1/s1. The molecule has 0 aromatic heterocycles. The lowest BCUT2D eigenvalue weighted by atomic mass is 10.1. The summed E-state index contributed by atoms with van der Waals surface area (Å²) < 4.78 is 4.66. The second kappa shape index (κ2) is 9.20. The van der Waals surface area contributed by atoms with Crippen LogP contribution in [0.1, 0.15) is 36.5 Å². The molecule has 0 bridgehead atoms. The molecule has 7 heteroatoms. The fourth-order valence-corrected chi connectivity index (χ4v) is 1.96. The van der Waals surface area contributed by atoms with E-state index in [2.05, 4.69) is 15.4 Å². The van der Waals surface area contributed by atoms with Crippen molar-refractivity contribution in [3.63, 3.8) is 0 Å². The van der Waals surface area contributed by atoms with Gasteiger partial charge >= 0.3 is 5.97 Å². The SMILES string of the molecule is COC(=O)[C@@H](CCCC#N)NC(=O)c1cccc(NC(C)=O)c1. The quantitative estimate of drug-likeness (QED) is 0.586. The first-order chi connectivity index (χ1) is 11.0. The maximum atomic E-state index is 12.2. The minimum atomic E-state index is -0.815. The van der Waals surface area contributed by atoms with Crippen molar-refractivity contribution in [2.75, 3.05) is 12.4 Å². The van der Waals surface area contributed by atoms with Gasteiger partial charge in [0.15, 0.2) is 0 Å². The normalized spacial score (nSPS) is 11.0. The number of methoxy groups -OCH3 is 1. The van der Waals surface area contributed by atoms with E-state index in [1.54, 1.807) is 18.2 Å². The highest BCUT2D eigenvalue weighted by molar-refractivity contribution is 5.98. The summed E-state index contributed by atoms with van der Waals surface area (Å²) in [7, 11) is 1.24. The second-order valence-corrected chi connectivity index (χ2v) is 4.86. The van der Waals surface area contributed by atoms with Gasteiger partial charge in [0, 0.05) is 24.6 Å². The van der Waals surface area contributed by atoms with Gasteiger partial charge < -0.3 is 15.4 Å². The Balaban J connectivity index is 2.79. The van der Waals surface area contributed by atoms with Crippen molar-refractivity contribution in [1.29, 1.82) is 5.26 Å². The minimum Gasteiger partial charge on any atom is -0.467 e. The van der Waals surface area contributed by atoms with E-state index in [0.29, 0.717) is 30.5 Å². The Hall–Kier alpha value is -2.88. The van der Waals surface area contributed by atoms with Crippen molar-refractivity contribution in [3.8, 4) is 6.07 Å². The molecule has 0 fully saturated rings. The molecule has 0 heterocycles. The number of esters is 1. The number of nitrogens with one attached hydrogen (secondary N) is 2. The monoisotopic (exact) mass is 317 g/mol. The van der Waals surface area contributed by atoms with Gasteiger partial charge in [0.05, 0.1) is 13.2 Å². The number of carbonyl (C=O) groups excluding carboxylic acids is 3. The predicted octanol–water partition coefficient (Wildman–Crippen LogP) is 1.61. The average molecular weight is 317 g/mol. The molecule has 2 N–H and O–H groups in total. The van der Waals surface area contributed by atoms with E-state index >= 15 is 0 Å². The molecule has 0 spiro atoms. The molecule has 1 rings (SSSR count). The zero-order chi connectivity index (χ0) is 17.2. The number of nitriles is 1. The molecule has 0 saturated heterocycles. The molecule has 7 nitrogen and oxygen atoms in total. The van der Waals surface area contributed by atoms with Crippen molar-refractivity contribution in [2.24, 2.45) is 0 Å². The van der Waals surface area contributed by atoms with Crippen LogP contribution >= 0.6 is 0 Å². The van der Waals surface area contributed by atoms with E-state index in [4.69, 9.17) is 5.26 Å². The van der Waals surface area contributed by atoms with E-state index in [-0.39, 0.29) is 5.91 Å². The molecule has 1 aromatic carbocycles. The summed E-state index contributed by atoms with van der Waals surface area (Å²) in [6.45, 7) is 1.37. The lowest BCUT2D eigenvalue weighted by Crippen LogP contribution is -2.41. The van der Waals surface area contributed by atoms with E-state index < -0.39 is 17.9 Å². The number of benzene rings is 1. The topological polar surface area (TPSA) is 108 Å². The van der Waals surface area contributed by atoms with Crippen LogP contribution < -0.4 is 10.6 Å². The minimum absolute atomic E-state index is 0.244. The fraction of sp³-hybridized carbons (Fsp3) is 0.375. The molecule has 1 aromatic rings. The first-order valence-corrected chi connectivity index (χ1v) is 7.11. The molecule has 23 heavy (non-hydrogen) atoms. The van der Waals surface area contributed by atoms with E-state index in [0.717, 1.165) is 0 Å². The lowest BCUT2D eigenvalue weighted by molar-refractivity contribution is -0.143. The van der Waals surface area contributed by atoms with Crippen LogP contribution in [0.25, 0.3) is 0 Å². The first kappa shape index (κ1) is 18.2. The van der Waals surface area contributed by atoms with Crippen LogP contribution in [0.5, 0.6) is 0 Å². The highest BCUT2D eigenvalue weighted by atomic mass is 16.5. The number of hydrogen-bond acceptors (Lipinski definition) is 5. The van der Waals surface area contributed by atoms with Crippen molar-refractivity contribution >= 4 is 23.5 Å². The first-order valence-electron chi connectivity index (χ1n) is 7.11. The summed E-state index contributed by atoms with van der Waals surface area (Å²) in [5, 5.41) is 13.7. The van der Waals surface area contributed by atoms with Gasteiger partial charge in [-0.15, -0.1) is 0 Å². The van der Waals surface area contributed by atoms with E-state index in [1.165, 1.54) is 20.1 Å². The Bertz CT molecular complexity index is 622. The van der Waals surface area contributed by atoms with Crippen LogP contribution in [-0.2, 0) is 14.3 Å². The summed E-state index contributed by atoms with van der Waals surface area (Å²) in [6, 6.07) is 7.54. The molecule has 1 atom stereocenters. The maximum Gasteiger partial charge on any atom is 0.328 e. The largest absolute Gasteiger partial charge is 0.467 e. The Labute approximate surface area is 134 Å². The third-order valence-corrected chi connectivity index (χ3v) is 3.02. The molecular formula is C16H19N3O4. The summed E-state index contributed by atoms with van der Waals surface area (Å²) in [5.41, 5.74) is 0.801. The highest BCUT2D eigenvalue weighted by Gasteiger charge is 2.21. The maximum absolute atomic E-state index is 12.2. The summed E-state index contributed by atoms with van der Waals surface area (Å²) in [5.74, 6) is -1.26. The van der Waals surface area contributed by atoms with Gasteiger partial charge in [-0.25, -0.2) is 4.79 Å². The third kappa shape index (κ3) is 6.18. The number of amides is 2. The number of nitrogens with zero attached hydrogens (tertiary/aromatic N) is 1. The lowest BCUT2D eigenvalue weighted by Gasteiger charge is -2.16. The number of ether oxygens (including phenoxy) is 1. The molecule has 122 valence electrons. The molecule has 0 radical (unpaired) electrons. The van der Waals surface area contributed by atoms with Gasteiger partial charge in [0.1, 0.15) is 6.04 Å². The number of unbranched alkanes of at least 4 members (excludes halogenated alkanes) is 1. The number of anilines is 1. The molecule has 0 unspecified atom stereocenters. The van der Waals surface area contributed by atoms with Crippen molar-refractivity contribution in [1.82, 2.24) is 5.32 Å². The van der Waals surface area contributed by atoms with Crippen LogP contribution in [0.4, 0.5) is 5.69 Å². The van der Waals surface area contributed by atoms with E-state index in [9.17, 15) is 14.4 Å². The highest BCUT2D eigenvalue weighted by Crippen LogP contribution is 2.11. The average Bonchev–Trinajstić information content (AvgIpc) is 2.52. The third-order valence-electron chi connectivity index (χ3n) is 3.02. The number of carbonyl (C=O) groups is 3. The van der Waals surface area contributed by atoms with Gasteiger partial charge in [-0.05, 0) is 31.0 Å². The smallest absolute Gasteiger partial charge is 0.328 e. The van der Waals surface area contributed by atoms with Gasteiger partial charge in [-0.1, -0.05) is 6.07 Å². The van der Waals surface area contributed by atoms with Crippen LogP contribution in [0.3, 0.4) is 0 Å². The molecular weight excluding hydrogens is 298 g/mol. The Morgan fingerprint density at radius 3 is 2.70 bits per heavy atom. The number of hydrogen-bond donors (Lipinski definition) is 2. The van der Waals surface area contributed by atoms with Gasteiger partial charge in [0.25, 0.3) is 5.91 Å². The zero-order valence-electron chi connectivity index (χ0n) is 13.1. The Morgan fingerprint density at radius 1 is 1.35 bits per heavy atom. The van der Waals surface area contributed by atoms with Crippen LogP contribution in [0.2, 0.25) is 0 Å². The summed E-state index contributed by atoms with van der Waals surface area (Å²) >= 11 is 0.